The van der Waals surface area contributed by atoms with E-state index in [2.05, 4.69) is 27.9 Å². The van der Waals surface area contributed by atoms with Gasteiger partial charge in [-0.1, -0.05) is 109 Å². The topological polar surface area (TPSA) is 40.1 Å². The Hall–Kier alpha value is -1.09. The van der Waals surface area contributed by atoms with Gasteiger partial charge in [-0.05, 0) is 38.7 Å². The number of rotatable bonds is 20. The third-order valence-corrected chi connectivity index (χ3v) is 5.77. The second-order valence-corrected chi connectivity index (χ2v) is 9.54. The van der Waals surface area contributed by atoms with E-state index in [1.807, 2.05) is 0 Å². The molecule has 184 valence electrons. The zero-order valence-corrected chi connectivity index (χ0v) is 21.8. The van der Waals surface area contributed by atoms with Crippen molar-refractivity contribution in [2.75, 3.05) is 27.2 Å². The molecule has 3 heteroatoms. The van der Waals surface area contributed by atoms with E-state index < -0.39 is 5.97 Å². The number of unbranched alkanes of at least 4 members (excludes halogenated alkanes) is 14. The van der Waals surface area contributed by atoms with E-state index in [0.717, 1.165) is 6.08 Å². The van der Waals surface area contributed by atoms with Crippen molar-refractivity contribution in [3.8, 4) is 0 Å². The molecule has 0 rings (SSSR count). The van der Waals surface area contributed by atoms with Gasteiger partial charge < -0.3 is 14.4 Å². The van der Waals surface area contributed by atoms with Crippen molar-refractivity contribution in [3.05, 3.63) is 24.3 Å². The minimum Gasteiger partial charge on any atom is -0.545 e. The Kier molecular flexibility index (Phi) is 26.1. The fraction of sp³-hybridized carbons (Fsp3) is 0.821. The highest BCUT2D eigenvalue weighted by molar-refractivity contribution is 5.77. The molecule has 0 aromatic rings. The van der Waals surface area contributed by atoms with Crippen LogP contribution in [0.25, 0.3) is 0 Å². The molecule has 0 aromatic heterocycles. The third kappa shape index (κ3) is 31.2. The second-order valence-electron chi connectivity index (χ2n) is 9.54. The van der Waals surface area contributed by atoms with Crippen LogP contribution in [0.3, 0.4) is 0 Å². The number of hydrogen-bond acceptors (Lipinski definition) is 2. The van der Waals surface area contributed by atoms with Gasteiger partial charge in [-0.2, -0.15) is 0 Å². The number of carboxylic acids is 1. The predicted octanol–water partition coefficient (Wildman–Crippen LogP) is 7.21. The normalized spacial score (nSPS) is 11.8. The monoisotopic (exact) mass is 437 g/mol. The van der Waals surface area contributed by atoms with E-state index in [1.54, 1.807) is 19.1 Å². The van der Waals surface area contributed by atoms with Crippen LogP contribution in [-0.4, -0.2) is 37.6 Å². The van der Waals surface area contributed by atoms with Gasteiger partial charge in [0.2, 0.25) is 0 Å². The average Bonchev–Trinajstić information content (AvgIpc) is 2.72. The predicted molar refractivity (Wildman–Crippen MR) is 136 cm³/mol. The first kappa shape index (κ1) is 32.1. The van der Waals surface area contributed by atoms with Gasteiger partial charge in [0.15, 0.2) is 0 Å². The Morgan fingerprint density at radius 1 is 0.645 bits per heavy atom. The molecule has 0 saturated carbocycles. The SMILES string of the molecule is CC=CC=CC(=O)[O-].CCCCCCCCCC[N+](C)(C)CCCCCCCCCC. The zero-order chi connectivity index (χ0) is 23.6. The van der Waals surface area contributed by atoms with Crippen molar-refractivity contribution in [2.45, 2.75) is 124 Å². The molecule has 0 saturated heterocycles. The van der Waals surface area contributed by atoms with Crippen molar-refractivity contribution in [1.29, 1.82) is 0 Å². The summed E-state index contributed by atoms with van der Waals surface area (Å²) in [5.74, 6) is -1.16. The average molecular weight is 438 g/mol. The van der Waals surface area contributed by atoms with Gasteiger partial charge in [0.1, 0.15) is 0 Å². The smallest absolute Gasteiger partial charge is 0.0782 e. The largest absolute Gasteiger partial charge is 0.545 e. The Balaban J connectivity index is 0. The maximum Gasteiger partial charge on any atom is 0.0782 e. The number of aliphatic carboxylic acids is 1. The van der Waals surface area contributed by atoms with E-state index in [0.29, 0.717) is 0 Å². The molecular weight excluding hydrogens is 382 g/mol. The number of carbonyl (C=O) groups excluding carboxylic acids is 1. The van der Waals surface area contributed by atoms with Crippen LogP contribution in [0, 0.1) is 0 Å². The van der Waals surface area contributed by atoms with E-state index >= 15 is 0 Å². The van der Waals surface area contributed by atoms with E-state index in [1.165, 1.54) is 126 Å². The van der Waals surface area contributed by atoms with Gasteiger partial charge in [0, 0.05) is 0 Å². The van der Waals surface area contributed by atoms with E-state index in [4.69, 9.17) is 0 Å². The van der Waals surface area contributed by atoms with Gasteiger partial charge >= 0.3 is 0 Å². The Morgan fingerprint density at radius 2 is 1.00 bits per heavy atom. The summed E-state index contributed by atoms with van der Waals surface area (Å²) >= 11 is 0. The summed E-state index contributed by atoms with van der Waals surface area (Å²) in [5, 5.41) is 9.64. The van der Waals surface area contributed by atoms with Gasteiger partial charge in [-0.3, -0.25) is 0 Å². The van der Waals surface area contributed by atoms with E-state index in [9.17, 15) is 9.90 Å². The van der Waals surface area contributed by atoms with Crippen molar-refractivity contribution < 1.29 is 14.4 Å². The first-order valence-electron chi connectivity index (χ1n) is 13.2. The van der Waals surface area contributed by atoms with Crippen LogP contribution in [0.1, 0.15) is 124 Å². The molecule has 0 aliphatic carbocycles. The molecule has 0 amide bonds. The molecule has 0 spiro atoms. The molecule has 0 aliphatic heterocycles. The lowest BCUT2D eigenvalue weighted by Crippen LogP contribution is -2.41. The lowest BCUT2D eigenvalue weighted by molar-refractivity contribution is -0.890. The number of carbonyl (C=O) groups is 1. The lowest BCUT2D eigenvalue weighted by atomic mass is 10.1. The van der Waals surface area contributed by atoms with Crippen LogP contribution < -0.4 is 5.11 Å². The summed E-state index contributed by atoms with van der Waals surface area (Å²) in [6, 6.07) is 0. The third-order valence-electron chi connectivity index (χ3n) is 5.77. The number of quaternary nitrogens is 1. The van der Waals surface area contributed by atoms with Gasteiger partial charge in [0.05, 0.1) is 33.2 Å². The summed E-state index contributed by atoms with van der Waals surface area (Å²) in [7, 11) is 4.87. The highest BCUT2D eigenvalue weighted by Crippen LogP contribution is 2.13. The van der Waals surface area contributed by atoms with Gasteiger partial charge in [0.25, 0.3) is 0 Å². The maximum atomic E-state index is 9.64. The minimum absolute atomic E-state index is 0.972. The maximum absolute atomic E-state index is 9.64. The standard InChI is InChI=1S/C22H48N.C6H8O2/c1-5-7-9-11-13-15-17-19-21-23(3,4)22-20-18-16-14-12-10-8-6-2;1-2-3-4-5-6(7)8/h5-22H2,1-4H3;2-5H,1H3,(H,7,8)/q+1;/p-1. The first-order chi connectivity index (χ1) is 14.9. The fourth-order valence-electron chi connectivity index (χ4n) is 3.70. The van der Waals surface area contributed by atoms with Crippen LogP contribution in [0.4, 0.5) is 0 Å². The molecular formula is C28H55NO2. The van der Waals surface area contributed by atoms with Crippen LogP contribution in [-0.2, 0) is 4.79 Å². The van der Waals surface area contributed by atoms with Crippen LogP contribution in [0.5, 0.6) is 0 Å². The van der Waals surface area contributed by atoms with Gasteiger partial charge in [-0.15, -0.1) is 0 Å². The number of nitrogens with zero attached hydrogens (tertiary/aromatic N) is 1. The summed E-state index contributed by atoms with van der Waals surface area (Å²) in [4.78, 5) is 9.64. The first-order valence-corrected chi connectivity index (χ1v) is 13.2. The number of carboxylic acid groups (broad SMARTS) is 1. The van der Waals surface area contributed by atoms with Crippen LogP contribution >= 0.6 is 0 Å². The minimum atomic E-state index is -1.16. The summed E-state index contributed by atoms with van der Waals surface area (Å²) in [6.45, 7) is 9.16. The van der Waals surface area contributed by atoms with Crippen molar-refractivity contribution in [2.24, 2.45) is 0 Å². The zero-order valence-electron chi connectivity index (χ0n) is 21.8. The Labute approximate surface area is 195 Å². The molecule has 0 aromatic carbocycles. The summed E-state index contributed by atoms with van der Waals surface area (Å²) in [6.07, 6.45) is 28.8. The molecule has 0 bridgehead atoms. The molecule has 0 radical (unpaired) electrons. The van der Waals surface area contributed by atoms with Crippen molar-refractivity contribution in [3.63, 3.8) is 0 Å². The highest BCUT2D eigenvalue weighted by Gasteiger charge is 2.13. The van der Waals surface area contributed by atoms with Gasteiger partial charge in [-0.25, -0.2) is 0 Å². The highest BCUT2D eigenvalue weighted by atomic mass is 16.4. The molecule has 0 fully saturated rings. The fourth-order valence-corrected chi connectivity index (χ4v) is 3.70. The quantitative estimate of drug-likeness (QED) is 0.0873. The molecule has 0 atom stereocenters. The number of allylic oxidation sites excluding steroid dienone is 3. The molecule has 0 aliphatic rings. The van der Waals surface area contributed by atoms with Crippen LogP contribution in [0.2, 0.25) is 0 Å². The Bertz CT molecular complexity index is 405. The van der Waals surface area contributed by atoms with E-state index in [-0.39, 0.29) is 0 Å². The van der Waals surface area contributed by atoms with Crippen LogP contribution in [0.15, 0.2) is 24.3 Å². The molecule has 0 heterocycles. The summed E-state index contributed by atoms with van der Waals surface area (Å²) in [5.41, 5.74) is 0. The molecule has 31 heavy (non-hydrogen) atoms. The number of hydrogen-bond donors (Lipinski definition) is 0. The Morgan fingerprint density at radius 3 is 1.32 bits per heavy atom. The summed E-state index contributed by atoms with van der Waals surface area (Å²) < 4.78 is 1.24. The van der Waals surface area contributed by atoms with Crippen molar-refractivity contribution >= 4 is 5.97 Å². The lowest BCUT2D eigenvalue weighted by Gasteiger charge is -2.30. The molecule has 0 unspecified atom stereocenters. The molecule has 0 N–H and O–H groups in total. The second kappa shape index (κ2) is 25.2. The van der Waals surface area contributed by atoms with Crippen molar-refractivity contribution in [1.82, 2.24) is 0 Å². The molecule has 3 nitrogen and oxygen atoms in total.